The second-order valence-electron chi connectivity index (χ2n) is 10.4. The van der Waals surface area contributed by atoms with Gasteiger partial charge in [-0.05, 0) is 92.6 Å². The highest BCUT2D eigenvalue weighted by Crippen LogP contribution is 2.22. The zero-order valence-corrected chi connectivity index (χ0v) is 23.6. The maximum Gasteiger partial charge on any atom is 0.343 e. The van der Waals surface area contributed by atoms with Gasteiger partial charge in [-0.3, -0.25) is 0 Å². The van der Waals surface area contributed by atoms with Gasteiger partial charge in [0.05, 0.1) is 11.7 Å². The Bertz CT molecular complexity index is 1080. The quantitative estimate of drug-likeness (QED) is 0.108. The number of carbonyl (C=O) groups is 1. The fraction of sp³-hybridized carbons (Fsp3) is 0.485. The molecule has 0 spiro atoms. The molecule has 5 nitrogen and oxygen atoms in total. The van der Waals surface area contributed by atoms with Crippen LogP contribution in [0.4, 0.5) is 0 Å². The molecule has 2 aromatic carbocycles. The van der Waals surface area contributed by atoms with Crippen LogP contribution in [0.15, 0.2) is 60.9 Å². The first-order valence-corrected chi connectivity index (χ1v) is 14.4. The molecule has 0 amide bonds. The lowest BCUT2D eigenvalue weighted by Gasteiger charge is -2.14. The van der Waals surface area contributed by atoms with Gasteiger partial charge < -0.3 is 9.47 Å². The van der Waals surface area contributed by atoms with Crippen molar-refractivity contribution in [2.75, 3.05) is 0 Å². The van der Waals surface area contributed by atoms with Gasteiger partial charge in [0.2, 0.25) is 0 Å². The van der Waals surface area contributed by atoms with Crippen LogP contribution in [0.5, 0.6) is 11.5 Å². The minimum atomic E-state index is -0.397. The van der Waals surface area contributed by atoms with E-state index in [2.05, 4.69) is 37.7 Å². The predicted octanol–water partition coefficient (Wildman–Crippen LogP) is 8.86. The first-order valence-electron chi connectivity index (χ1n) is 14.4. The summed E-state index contributed by atoms with van der Waals surface area (Å²) in [7, 11) is 0. The SMILES string of the molecule is CCCCCC[C@@H](C)Oc1ccc(C(=O)Oc2ccc(-c3ncc(CCCC[C@@H](C)CC)cn3)cc2)cc1. The van der Waals surface area contributed by atoms with Gasteiger partial charge in [-0.25, -0.2) is 14.8 Å². The third kappa shape index (κ3) is 9.92. The van der Waals surface area contributed by atoms with Crippen LogP contribution in [0.3, 0.4) is 0 Å². The molecule has 0 aliphatic carbocycles. The Morgan fingerprint density at radius 2 is 1.45 bits per heavy atom. The van der Waals surface area contributed by atoms with Gasteiger partial charge in [-0.1, -0.05) is 59.3 Å². The Balaban J connectivity index is 1.46. The Labute approximate surface area is 229 Å². The minimum Gasteiger partial charge on any atom is -0.491 e. The van der Waals surface area contributed by atoms with Crippen molar-refractivity contribution in [3.63, 3.8) is 0 Å². The summed E-state index contributed by atoms with van der Waals surface area (Å²) >= 11 is 0. The highest BCUT2D eigenvalue weighted by atomic mass is 16.5. The van der Waals surface area contributed by atoms with Gasteiger partial charge in [-0.2, -0.15) is 0 Å². The maximum absolute atomic E-state index is 12.6. The molecule has 3 aromatic rings. The Hall–Kier alpha value is -3.21. The number of hydrogen-bond donors (Lipinski definition) is 0. The number of aromatic nitrogens is 2. The summed E-state index contributed by atoms with van der Waals surface area (Å²) in [6.45, 7) is 8.87. The van der Waals surface area contributed by atoms with E-state index in [4.69, 9.17) is 9.47 Å². The monoisotopic (exact) mass is 516 g/mol. The van der Waals surface area contributed by atoms with E-state index in [-0.39, 0.29) is 6.10 Å². The zero-order chi connectivity index (χ0) is 27.2. The van der Waals surface area contributed by atoms with Gasteiger partial charge in [0, 0.05) is 18.0 Å². The Kier molecular flexibility index (Phi) is 12.3. The third-order valence-corrected chi connectivity index (χ3v) is 7.03. The molecular formula is C33H44N2O3. The van der Waals surface area contributed by atoms with Crippen molar-refractivity contribution in [2.45, 2.75) is 98.0 Å². The lowest BCUT2D eigenvalue weighted by Crippen LogP contribution is -2.12. The smallest absolute Gasteiger partial charge is 0.343 e. The van der Waals surface area contributed by atoms with Crippen molar-refractivity contribution in [2.24, 2.45) is 5.92 Å². The molecule has 1 heterocycles. The number of hydrogen-bond acceptors (Lipinski definition) is 5. The summed E-state index contributed by atoms with van der Waals surface area (Å²) < 4.78 is 11.5. The highest BCUT2D eigenvalue weighted by Gasteiger charge is 2.11. The fourth-order valence-electron chi connectivity index (χ4n) is 4.32. The van der Waals surface area contributed by atoms with E-state index in [1.165, 1.54) is 56.9 Å². The van der Waals surface area contributed by atoms with Crippen molar-refractivity contribution in [1.82, 2.24) is 9.97 Å². The molecule has 5 heteroatoms. The van der Waals surface area contributed by atoms with E-state index in [1.54, 1.807) is 24.3 Å². The second-order valence-corrected chi connectivity index (χ2v) is 10.4. The summed E-state index contributed by atoms with van der Waals surface area (Å²) in [6, 6.07) is 14.5. The van der Waals surface area contributed by atoms with E-state index in [9.17, 15) is 4.79 Å². The Morgan fingerprint density at radius 1 is 0.789 bits per heavy atom. The zero-order valence-electron chi connectivity index (χ0n) is 23.6. The van der Waals surface area contributed by atoms with Gasteiger partial charge in [0.1, 0.15) is 11.5 Å². The van der Waals surface area contributed by atoms with Crippen molar-refractivity contribution in [1.29, 1.82) is 0 Å². The van der Waals surface area contributed by atoms with Crippen LogP contribution in [-0.4, -0.2) is 22.0 Å². The lowest BCUT2D eigenvalue weighted by molar-refractivity contribution is 0.0734. The number of benzene rings is 2. The van der Waals surface area contributed by atoms with Crippen LogP contribution < -0.4 is 9.47 Å². The third-order valence-electron chi connectivity index (χ3n) is 7.03. The summed E-state index contributed by atoms with van der Waals surface area (Å²) in [5.74, 6) is 2.32. The summed E-state index contributed by atoms with van der Waals surface area (Å²) in [4.78, 5) is 21.7. The summed E-state index contributed by atoms with van der Waals surface area (Å²) in [5, 5.41) is 0. The van der Waals surface area contributed by atoms with Crippen molar-refractivity contribution >= 4 is 5.97 Å². The number of nitrogens with zero attached hydrogens (tertiary/aromatic N) is 2. The molecule has 204 valence electrons. The van der Waals surface area contributed by atoms with Crippen molar-refractivity contribution in [3.05, 3.63) is 72.1 Å². The summed E-state index contributed by atoms with van der Waals surface area (Å²) in [5.41, 5.74) is 2.54. The first kappa shape index (κ1) is 29.3. The van der Waals surface area contributed by atoms with E-state index in [1.807, 2.05) is 36.7 Å². The molecule has 2 atom stereocenters. The molecule has 0 saturated heterocycles. The largest absolute Gasteiger partial charge is 0.491 e. The molecule has 0 fully saturated rings. The fourth-order valence-corrected chi connectivity index (χ4v) is 4.32. The van der Waals surface area contributed by atoms with Crippen LogP contribution in [-0.2, 0) is 6.42 Å². The Morgan fingerprint density at radius 3 is 2.11 bits per heavy atom. The molecule has 3 rings (SSSR count). The normalized spacial score (nSPS) is 12.6. The van der Waals surface area contributed by atoms with Gasteiger partial charge in [-0.15, -0.1) is 0 Å². The number of carbonyl (C=O) groups excluding carboxylic acids is 1. The second kappa shape index (κ2) is 15.9. The van der Waals surface area contributed by atoms with E-state index >= 15 is 0 Å². The average molecular weight is 517 g/mol. The molecule has 0 bridgehead atoms. The molecule has 0 aliphatic heterocycles. The first-order chi connectivity index (χ1) is 18.5. The predicted molar refractivity (Wildman–Crippen MR) is 155 cm³/mol. The van der Waals surface area contributed by atoms with E-state index in [0.717, 1.165) is 30.1 Å². The molecular weight excluding hydrogens is 472 g/mol. The van der Waals surface area contributed by atoms with Crippen LogP contribution in [0.25, 0.3) is 11.4 Å². The van der Waals surface area contributed by atoms with E-state index < -0.39 is 5.97 Å². The minimum absolute atomic E-state index is 0.155. The molecule has 0 radical (unpaired) electrons. The molecule has 0 aliphatic rings. The van der Waals surface area contributed by atoms with Crippen molar-refractivity contribution in [3.8, 4) is 22.9 Å². The molecule has 0 unspecified atom stereocenters. The topological polar surface area (TPSA) is 61.3 Å². The van der Waals surface area contributed by atoms with Gasteiger partial charge in [0.15, 0.2) is 5.82 Å². The average Bonchev–Trinajstić information content (AvgIpc) is 2.94. The number of aryl methyl sites for hydroxylation is 1. The number of esters is 1. The molecule has 0 N–H and O–H groups in total. The standard InChI is InChI=1S/C33H44N2O3/c1-5-7-8-9-13-26(4)37-30-21-17-29(18-22-30)33(36)38-31-19-15-28(16-20-31)32-34-23-27(24-35-32)14-11-10-12-25(3)6-2/h15-26H,5-14H2,1-4H3/t25-,26+/m0/s1. The number of unbranched alkanes of at least 4 members (excludes halogenated alkanes) is 4. The van der Waals surface area contributed by atoms with Gasteiger partial charge >= 0.3 is 5.97 Å². The van der Waals surface area contributed by atoms with Crippen molar-refractivity contribution < 1.29 is 14.3 Å². The number of ether oxygens (including phenoxy) is 2. The van der Waals surface area contributed by atoms with Crippen LogP contribution in [0, 0.1) is 5.92 Å². The molecule has 1 aromatic heterocycles. The molecule has 38 heavy (non-hydrogen) atoms. The van der Waals surface area contributed by atoms with E-state index in [0.29, 0.717) is 17.1 Å². The highest BCUT2D eigenvalue weighted by molar-refractivity contribution is 5.91. The number of rotatable bonds is 16. The van der Waals surface area contributed by atoms with Crippen LogP contribution in [0.2, 0.25) is 0 Å². The van der Waals surface area contributed by atoms with Gasteiger partial charge in [0.25, 0.3) is 0 Å². The molecule has 0 saturated carbocycles. The maximum atomic E-state index is 12.6. The summed E-state index contributed by atoms with van der Waals surface area (Å²) in [6.07, 6.45) is 15.9. The van der Waals surface area contributed by atoms with Crippen LogP contribution >= 0.6 is 0 Å². The van der Waals surface area contributed by atoms with Crippen LogP contribution in [0.1, 0.15) is 101 Å². The lowest BCUT2D eigenvalue weighted by atomic mass is 10.00.